The van der Waals surface area contributed by atoms with Crippen LogP contribution in [0.25, 0.3) is 10.9 Å². The summed E-state index contributed by atoms with van der Waals surface area (Å²) in [5, 5.41) is 3.91. The van der Waals surface area contributed by atoms with Crippen LogP contribution in [0.5, 0.6) is 0 Å². The Morgan fingerprint density at radius 2 is 1.87 bits per heavy atom. The van der Waals surface area contributed by atoms with Crippen LogP contribution in [0.1, 0.15) is 88.5 Å². The number of amides is 2. The van der Waals surface area contributed by atoms with Gasteiger partial charge in [-0.1, -0.05) is 45.1 Å². The summed E-state index contributed by atoms with van der Waals surface area (Å²) in [6, 6.07) is 7.71. The third-order valence-electron chi connectivity index (χ3n) is 11.3. The van der Waals surface area contributed by atoms with E-state index in [1.807, 2.05) is 23.1 Å². The average Bonchev–Trinajstić information content (AvgIpc) is 3.64. The van der Waals surface area contributed by atoms with E-state index in [1.54, 1.807) is 19.1 Å². The van der Waals surface area contributed by atoms with Gasteiger partial charge in [0.05, 0.1) is 12.5 Å². The molecule has 7 rings (SSSR count). The van der Waals surface area contributed by atoms with E-state index < -0.39 is 17.9 Å². The average molecular weight is 621 g/mol. The molecule has 2 bridgehead atoms. The molecule has 1 aromatic carbocycles. The summed E-state index contributed by atoms with van der Waals surface area (Å²) < 4.78 is 19.2. The zero-order chi connectivity index (χ0) is 31.7. The summed E-state index contributed by atoms with van der Waals surface area (Å²) >= 11 is 0. The van der Waals surface area contributed by atoms with Crippen LogP contribution in [0.15, 0.2) is 36.9 Å². The zero-order valence-electron chi connectivity index (χ0n) is 26.8. The molecule has 3 saturated heterocycles. The van der Waals surface area contributed by atoms with Gasteiger partial charge in [0.1, 0.15) is 18.4 Å². The maximum atomic E-state index is 14.1. The predicted molar refractivity (Wildman–Crippen MR) is 174 cm³/mol. The van der Waals surface area contributed by atoms with Crippen molar-refractivity contribution in [3.8, 4) is 0 Å². The SMILES string of the molecule is C=C[C@H](CC[C@@H](C)[C@@H](CF)N1C2CC1C2)C(=O)N1CC[C@@H](C2CCCCC2)[C@H]1C(=O)Nc1ccc2[nH]c(C(=O)OCC)cc2c1. The van der Waals surface area contributed by atoms with Crippen LogP contribution in [0.3, 0.4) is 0 Å². The van der Waals surface area contributed by atoms with Gasteiger partial charge in [-0.15, -0.1) is 6.58 Å². The number of ether oxygens (including phenoxy) is 1. The number of esters is 1. The summed E-state index contributed by atoms with van der Waals surface area (Å²) in [5.41, 5.74) is 1.77. The summed E-state index contributed by atoms with van der Waals surface area (Å²) in [6.07, 6.45) is 12.0. The van der Waals surface area contributed by atoms with Crippen LogP contribution in [0, 0.1) is 23.7 Å². The van der Waals surface area contributed by atoms with E-state index in [9.17, 15) is 18.8 Å². The van der Waals surface area contributed by atoms with E-state index in [4.69, 9.17) is 4.74 Å². The molecule has 2 saturated carbocycles. The van der Waals surface area contributed by atoms with Gasteiger partial charge in [-0.25, -0.2) is 9.18 Å². The first-order chi connectivity index (χ1) is 21.8. The van der Waals surface area contributed by atoms with Gasteiger partial charge in [-0.05, 0) is 81.0 Å². The lowest BCUT2D eigenvalue weighted by Gasteiger charge is -2.64. The van der Waals surface area contributed by atoms with Crippen molar-refractivity contribution < 1.29 is 23.5 Å². The van der Waals surface area contributed by atoms with Crippen molar-refractivity contribution in [2.45, 2.75) is 102 Å². The zero-order valence-corrected chi connectivity index (χ0v) is 26.8. The molecule has 8 nitrogen and oxygen atoms in total. The number of likely N-dealkylation sites (tertiary alicyclic amines) is 1. The third-order valence-corrected chi connectivity index (χ3v) is 11.3. The molecule has 0 unspecified atom stereocenters. The van der Waals surface area contributed by atoms with Gasteiger partial charge >= 0.3 is 5.97 Å². The molecular weight excluding hydrogens is 571 g/mol. The number of nitrogens with zero attached hydrogens (tertiary/aromatic N) is 2. The summed E-state index contributed by atoms with van der Waals surface area (Å²) in [4.78, 5) is 47.7. The van der Waals surface area contributed by atoms with Crippen LogP contribution in [-0.4, -0.2) is 76.6 Å². The number of benzene rings is 1. The highest BCUT2D eigenvalue weighted by molar-refractivity contribution is 6.01. The van der Waals surface area contributed by atoms with Gasteiger partial charge in [-0.3, -0.25) is 14.5 Å². The van der Waals surface area contributed by atoms with E-state index in [1.165, 1.54) is 19.3 Å². The second-order valence-corrected chi connectivity index (χ2v) is 13.9. The van der Waals surface area contributed by atoms with Crippen molar-refractivity contribution in [3.05, 3.63) is 42.6 Å². The Morgan fingerprint density at radius 3 is 2.51 bits per heavy atom. The van der Waals surface area contributed by atoms with Gasteiger partial charge in [0, 0.05) is 41.3 Å². The van der Waals surface area contributed by atoms with E-state index in [-0.39, 0.29) is 43.0 Å². The van der Waals surface area contributed by atoms with Crippen LogP contribution in [0.4, 0.5) is 10.1 Å². The third kappa shape index (κ3) is 6.29. The number of aromatic nitrogens is 1. The maximum absolute atomic E-state index is 14.1. The number of anilines is 1. The first kappa shape index (κ1) is 31.8. The van der Waals surface area contributed by atoms with Crippen molar-refractivity contribution in [2.24, 2.45) is 23.7 Å². The number of nitrogens with one attached hydrogen (secondary N) is 2. The second kappa shape index (κ2) is 13.7. The molecule has 3 aliphatic heterocycles. The fraction of sp³-hybridized carbons (Fsp3) is 0.639. The summed E-state index contributed by atoms with van der Waals surface area (Å²) in [7, 11) is 0. The van der Waals surface area contributed by atoms with Crippen molar-refractivity contribution in [1.29, 1.82) is 0 Å². The highest BCUT2D eigenvalue weighted by Gasteiger charge is 2.54. The molecule has 244 valence electrons. The Kier molecular flexibility index (Phi) is 9.64. The smallest absolute Gasteiger partial charge is 0.354 e. The van der Waals surface area contributed by atoms with Gasteiger partial charge in [0.15, 0.2) is 0 Å². The minimum atomic E-state index is -0.552. The molecule has 0 spiro atoms. The highest BCUT2D eigenvalue weighted by atomic mass is 19.1. The van der Waals surface area contributed by atoms with Crippen LogP contribution in [-0.2, 0) is 14.3 Å². The number of fused-ring (bicyclic) bond motifs is 1. The first-order valence-corrected chi connectivity index (χ1v) is 17.2. The number of rotatable bonds is 13. The quantitative estimate of drug-likeness (QED) is 0.197. The predicted octanol–water partition coefficient (Wildman–Crippen LogP) is 6.48. The molecular formula is C36H49FN4O4. The van der Waals surface area contributed by atoms with Crippen molar-refractivity contribution in [1.82, 2.24) is 14.8 Å². The lowest BCUT2D eigenvalue weighted by atomic mass is 9.70. The van der Waals surface area contributed by atoms with Crippen molar-refractivity contribution >= 4 is 34.4 Å². The fourth-order valence-electron chi connectivity index (χ4n) is 8.53. The number of carbonyl (C=O) groups is 3. The number of hydrogen-bond acceptors (Lipinski definition) is 5. The van der Waals surface area contributed by atoms with Crippen LogP contribution >= 0.6 is 0 Å². The Hall–Kier alpha value is -3.20. The monoisotopic (exact) mass is 620 g/mol. The molecule has 5 atom stereocenters. The van der Waals surface area contributed by atoms with E-state index >= 15 is 0 Å². The molecule has 0 radical (unpaired) electrons. The molecule has 2 N–H and O–H groups in total. The number of H-pyrrole nitrogens is 1. The number of carbonyl (C=O) groups excluding carboxylic acids is 3. The normalized spacial score (nSPS) is 26.9. The Morgan fingerprint density at radius 1 is 1.11 bits per heavy atom. The lowest BCUT2D eigenvalue weighted by Crippen LogP contribution is -2.73. The van der Waals surface area contributed by atoms with Crippen LogP contribution in [0.2, 0.25) is 0 Å². The molecule has 4 heterocycles. The van der Waals surface area contributed by atoms with Gasteiger partial charge in [-0.2, -0.15) is 0 Å². The Labute approximate surface area is 266 Å². The lowest BCUT2D eigenvalue weighted by molar-refractivity contribution is -0.153. The van der Waals surface area contributed by atoms with Gasteiger partial charge < -0.3 is 19.9 Å². The van der Waals surface area contributed by atoms with Crippen molar-refractivity contribution in [3.63, 3.8) is 0 Å². The Balaban J connectivity index is 1.16. The van der Waals surface area contributed by atoms with E-state index in [2.05, 4.69) is 28.7 Å². The minimum Gasteiger partial charge on any atom is -0.461 e. The summed E-state index contributed by atoms with van der Waals surface area (Å²) in [6.45, 7) is 8.38. The number of hydrogen-bond donors (Lipinski definition) is 2. The highest BCUT2D eigenvalue weighted by Crippen LogP contribution is 2.47. The molecule has 9 heteroatoms. The number of aromatic amines is 1. The fourth-order valence-corrected chi connectivity index (χ4v) is 8.53. The van der Waals surface area contributed by atoms with E-state index in [0.29, 0.717) is 42.3 Å². The molecule has 45 heavy (non-hydrogen) atoms. The topological polar surface area (TPSA) is 94.7 Å². The van der Waals surface area contributed by atoms with Gasteiger partial charge in [0.2, 0.25) is 11.8 Å². The Bertz CT molecular complexity index is 1390. The minimum absolute atomic E-state index is 0.0422. The second-order valence-electron chi connectivity index (χ2n) is 13.9. The molecule has 5 aliphatic rings. The number of alkyl halides is 1. The first-order valence-electron chi connectivity index (χ1n) is 17.2. The largest absolute Gasteiger partial charge is 0.461 e. The maximum Gasteiger partial charge on any atom is 0.354 e. The van der Waals surface area contributed by atoms with Crippen molar-refractivity contribution in [2.75, 3.05) is 25.1 Å². The van der Waals surface area contributed by atoms with Gasteiger partial charge in [0.25, 0.3) is 0 Å². The molecule has 1 aromatic heterocycles. The summed E-state index contributed by atoms with van der Waals surface area (Å²) in [5.74, 6) is -0.353. The molecule has 2 aliphatic carbocycles. The van der Waals surface area contributed by atoms with E-state index in [0.717, 1.165) is 49.4 Å². The molecule has 2 aromatic rings. The van der Waals surface area contributed by atoms with Crippen LogP contribution < -0.4 is 5.32 Å². The number of halogens is 1. The molecule has 2 amide bonds. The molecule has 5 fully saturated rings. The standard InChI is InChI=1S/C36H49FN4O4/c1-4-23(12-11-22(3)32(21-37)41-27-19-28(41)20-27)35(43)40-16-15-29(24-9-7-6-8-10-24)33(40)34(42)38-26-13-14-30-25(17-26)18-31(39-30)36(44)45-5-2/h4,13-14,17-18,22-24,27-29,32-33,39H,1,5-12,15-16,19-21H2,2-3H3,(H,38,42)/t22-,23-,27?,28?,29+,32-,33+/m1/s1.